The second-order valence-corrected chi connectivity index (χ2v) is 4.74. The van der Waals surface area contributed by atoms with E-state index in [0.29, 0.717) is 17.3 Å². The highest BCUT2D eigenvalue weighted by Gasteiger charge is 2.12. The molecule has 1 atom stereocenters. The predicted molar refractivity (Wildman–Crippen MR) is 73.9 cm³/mol. The maximum atomic E-state index is 11.8. The second-order valence-electron chi connectivity index (χ2n) is 4.30. The molecular formula is C14H15ClN2O2. The lowest BCUT2D eigenvalue weighted by molar-refractivity contribution is 0.0921. The highest BCUT2D eigenvalue weighted by Crippen LogP contribution is 2.14. The lowest BCUT2D eigenvalue weighted by Crippen LogP contribution is -2.22. The molecule has 0 saturated heterocycles. The topological polar surface area (TPSA) is 68.3 Å². The van der Waals surface area contributed by atoms with Crippen LogP contribution in [0, 0.1) is 0 Å². The van der Waals surface area contributed by atoms with Gasteiger partial charge in [-0.15, -0.1) is 0 Å². The summed E-state index contributed by atoms with van der Waals surface area (Å²) in [5.41, 5.74) is 6.64. The zero-order valence-electron chi connectivity index (χ0n) is 10.5. The van der Waals surface area contributed by atoms with Crippen LogP contribution in [0.25, 0.3) is 0 Å². The number of carbonyl (C=O) groups is 1. The van der Waals surface area contributed by atoms with E-state index in [0.717, 1.165) is 5.56 Å². The molecule has 5 heteroatoms. The number of hydrogen-bond acceptors (Lipinski definition) is 3. The summed E-state index contributed by atoms with van der Waals surface area (Å²) < 4.78 is 5.36. The van der Waals surface area contributed by atoms with E-state index >= 15 is 0 Å². The van der Waals surface area contributed by atoms with Crippen LogP contribution in [0.1, 0.15) is 34.8 Å². The quantitative estimate of drug-likeness (QED) is 0.903. The minimum absolute atomic E-state index is 0.224. The van der Waals surface area contributed by atoms with Gasteiger partial charge in [-0.1, -0.05) is 23.7 Å². The molecule has 4 nitrogen and oxygen atoms in total. The lowest BCUT2D eigenvalue weighted by atomic mass is 10.2. The van der Waals surface area contributed by atoms with Gasteiger partial charge >= 0.3 is 0 Å². The third-order valence-corrected chi connectivity index (χ3v) is 2.92. The maximum absolute atomic E-state index is 11.8. The first kappa shape index (κ1) is 13.6. The minimum atomic E-state index is -0.262. The third kappa shape index (κ3) is 3.59. The number of hydrogen-bond donors (Lipinski definition) is 2. The minimum Gasteiger partial charge on any atom is -0.454 e. The Morgan fingerprint density at radius 2 is 2.00 bits per heavy atom. The van der Waals surface area contributed by atoms with Crippen molar-refractivity contribution in [1.29, 1.82) is 0 Å². The molecule has 1 amide bonds. The standard InChI is InChI=1S/C14H15ClN2O2/c1-9(16)12-6-7-13(19-12)14(18)17-8-10-2-4-11(15)5-3-10/h2-7,9H,8,16H2,1H3,(H,17,18). The first-order valence-corrected chi connectivity index (χ1v) is 6.32. The van der Waals surface area contributed by atoms with E-state index in [9.17, 15) is 4.79 Å². The number of nitrogens with two attached hydrogens (primary N) is 1. The SMILES string of the molecule is CC(N)c1ccc(C(=O)NCc2ccc(Cl)cc2)o1. The average Bonchev–Trinajstić information content (AvgIpc) is 2.87. The molecule has 1 heterocycles. The summed E-state index contributed by atoms with van der Waals surface area (Å²) in [5.74, 6) is 0.597. The molecule has 0 aliphatic heterocycles. The van der Waals surface area contributed by atoms with Gasteiger partial charge in [-0.05, 0) is 36.8 Å². The Kier molecular flexibility index (Phi) is 4.24. The van der Waals surface area contributed by atoms with E-state index < -0.39 is 0 Å². The smallest absolute Gasteiger partial charge is 0.287 e. The molecule has 0 bridgehead atoms. The number of amides is 1. The van der Waals surface area contributed by atoms with Gasteiger partial charge in [0.25, 0.3) is 5.91 Å². The van der Waals surface area contributed by atoms with Gasteiger partial charge in [0.05, 0.1) is 6.04 Å². The first-order chi connectivity index (χ1) is 9.06. The highest BCUT2D eigenvalue weighted by molar-refractivity contribution is 6.30. The average molecular weight is 279 g/mol. The van der Waals surface area contributed by atoms with Crippen molar-refractivity contribution in [2.75, 3.05) is 0 Å². The van der Waals surface area contributed by atoms with Crippen molar-refractivity contribution in [2.45, 2.75) is 19.5 Å². The number of rotatable bonds is 4. The van der Waals surface area contributed by atoms with Crippen LogP contribution in [0.2, 0.25) is 5.02 Å². The molecule has 1 unspecified atom stereocenters. The first-order valence-electron chi connectivity index (χ1n) is 5.94. The van der Waals surface area contributed by atoms with E-state index in [-0.39, 0.29) is 17.7 Å². The Morgan fingerprint density at radius 1 is 1.32 bits per heavy atom. The predicted octanol–water partition coefficient (Wildman–Crippen LogP) is 2.88. The van der Waals surface area contributed by atoms with Crippen molar-refractivity contribution in [1.82, 2.24) is 5.32 Å². The summed E-state index contributed by atoms with van der Waals surface area (Å²) in [6, 6.07) is 10.4. The molecular weight excluding hydrogens is 264 g/mol. The van der Waals surface area contributed by atoms with E-state index in [1.165, 1.54) is 0 Å². The molecule has 0 aliphatic carbocycles. The highest BCUT2D eigenvalue weighted by atomic mass is 35.5. The molecule has 0 spiro atoms. The fourth-order valence-electron chi connectivity index (χ4n) is 1.59. The van der Waals surface area contributed by atoms with Crippen LogP contribution in [-0.2, 0) is 6.54 Å². The van der Waals surface area contributed by atoms with E-state index in [1.807, 2.05) is 12.1 Å². The number of benzene rings is 1. The molecule has 100 valence electrons. The number of nitrogens with one attached hydrogen (secondary N) is 1. The van der Waals surface area contributed by atoms with E-state index in [4.69, 9.17) is 21.8 Å². The Balaban J connectivity index is 1.95. The molecule has 1 aromatic heterocycles. The Labute approximate surface area is 116 Å². The summed E-state index contributed by atoms with van der Waals surface area (Å²) in [5, 5.41) is 3.44. The Hall–Kier alpha value is -1.78. The Morgan fingerprint density at radius 3 is 2.58 bits per heavy atom. The zero-order chi connectivity index (χ0) is 13.8. The van der Waals surface area contributed by atoms with Gasteiger partial charge in [0.2, 0.25) is 0 Å². The van der Waals surface area contributed by atoms with Crippen molar-refractivity contribution in [3.8, 4) is 0 Å². The molecule has 3 N–H and O–H groups in total. The molecule has 0 aliphatic rings. The fourth-order valence-corrected chi connectivity index (χ4v) is 1.72. The summed E-state index contributed by atoms with van der Waals surface area (Å²) in [6.07, 6.45) is 0. The van der Waals surface area contributed by atoms with E-state index in [2.05, 4.69) is 5.32 Å². The van der Waals surface area contributed by atoms with Crippen LogP contribution in [0.3, 0.4) is 0 Å². The maximum Gasteiger partial charge on any atom is 0.287 e. The van der Waals surface area contributed by atoms with E-state index in [1.54, 1.807) is 31.2 Å². The van der Waals surface area contributed by atoms with Crippen LogP contribution >= 0.6 is 11.6 Å². The fraction of sp³-hybridized carbons (Fsp3) is 0.214. The number of carbonyl (C=O) groups excluding carboxylic acids is 1. The van der Waals surface area contributed by atoms with Crippen LogP contribution in [0.5, 0.6) is 0 Å². The normalized spacial score (nSPS) is 12.2. The molecule has 1 aromatic carbocycles. The van der Waals surface area contributed by atoms with Crippen molar-refractivity contribution in [3.05, 3.63) is 58.5 Å². The van der Waals surface area contributed by atoms with Gasteiger partial charge in [0.15, 0.2) is 5.76 Å². The van der Waals surface area contributed by atoms with Gasteiger partial charge in [0, 0.05) is 11.6 Å². The van der Waals surface area contributed by atoms with Gasteiger partial charge in [0.1, 0.15) is 5.76 Å². The zero-order valence-corrected chi connectivity index (χ0v) is 11.3. The van der Waals surface area contributed by atoms with Crippen molar-refractivity contribution >= 4 is 17.5 Å². The largest absolute Gasteiger partial charge is 0.454 e. The molecule has 2 rings (SSSR count). The lowest BCUT2D eigenvalue weighted by Gasteiger charge is -2.04. The monoisotopic (exact) mass is 278 g/mol. The Bertz CT molecular complexity index is 561. The van der Waals surface area contributed by atoms with Crippen LogP contribution in [-0.4, -0.2) is 5.91 Å². The number of halogens is 1. The van der Waals surface area contributed by atoms with Crippen LogP contribution < -0.4 is 11.1 Å². The number of furan rings is 1. The van der Waals surface area contributed by atoms with Crippen LogP contribution in [0.15, 0.2) is 40.8 Å². The van der Waals surface area contributed by atoms with Gasteiger partial charge in [-0.25, -0.2) is 0 Å². The molecule has 0 radical (unpaired) electrons. The second kappa shape index (κ2) is 5.91. The van der Waals surface area contributed by atoms with Crippen molar-refractivity contribution < 1.29 is 9.21 Å². The van der Waals surface area contributed by atoms with Gasteiger partial charge < -0.3 is 15.5 Å². The molecule has 0 fully saturated rings. The third-order valence-electron chi connectivity index (χ3n) is 2.67. The van der Waals surface area contributed by atoms with Gasteiger partial charge in [-0.2, -0.15) is 0 Å². The van der Waals surface area contributed by atoms with Crippen molar-refractivity contribution in [2.24, 2.45) is 5.73 Å². The van der Waals surface area contributed by atoms with Crippen LogP contribution in [0.4, 0.5) is 0 Å². The summed E-state index contributed by atoms with van der Waals surface area (Å²) in [6.45, 7) is 2.22. The molecule has 2 aromatic rings. The van der Waals surface area contributed by atoms with Crippen molar-refractivity contribution in [3.63, 3.8) is 0 Å². The molecule has 19 heavy (non-hydrogen) atoms. The summed E-state index contributed by atoms with van der Waals surface area (Å²) >= 11 is 5.79. The summed E-state index contributed by atoms with van der Waals surface area (Å²) in [7, 11) is 0. The summed E-state index contributed by atoms with van der Waals surface area (Å²) in [4.78, 5) is 11.8. The molecule has 0 saturated carbocycles. The van der Waals surface area contributed by atoms with Gasteiger partial charge in [-0.3, -0.25) is 4.79 Å².